The van der Waals surface area contributed by atoms with E-state index in [1.54, 1.807) is 7.11 Å². The van der Waals surface area contributed by atoms with Gasteiger partial charge >= 0.3 is 5.97 Å². The first-order chi connectivity index (χ1) is 8.99. The Kier molecular flexibility index (Phi) is 3.80. The molecule has 1 aliphatic rings. The van der Waals surface area contributed by atoms with Crippen molar-refractivity contribution in [1.29, 1.82) is 0 Å². The number of hydrogen-bond acceptors (Lipinski definition) is 3. The number of hydrogen-bond donors (Lipinski definition) is 1. The number of nitrogens with zero attached hydrogens (tertiary/aromatic N) is 1. The van der Waals surface area contributed by atoms with Gasteiger partial charge in [-0.15, -0.1) is 0 Å². The van der Waals surface area contributed by atoms with E-state index in [0.29, 0.717) is 18.6 Å². The minimum atomic E-state index is -0.740. The standard InChI is InChI=1S/C15H21NO3/c1-16(2)9-6-11-4-5-13(19-3)12(10-11)15(7-8-15)14(17)18/h4-5,10H,6-9H2,1-3H3,(H,17,18). The van der Waals surface area contributed by atoms with E-state index in [2.05, 4.69) is 4.90 Å². The molecule has 0 atom stereocenters. The SMILES string of the molecule is COc1ccc(CCN(C)C)cc1C1(C(=O)O)CC1. The molecule has 1 aliphatic carbocycles. The molecule has 0 aromatic heterocycles. The molecule has 0 aliphatic heterocycles. The first-order valence-corrected chi connectivity index (χ1v) is 6.55. The van der Waals surface area contributed by atoms with Gasteiger partial charge in [-0.2, -0.15) is 0 Å². The smallest absolute Gasteiger partial charge is 0.314 e. The van der Waals surface area contributed by atoms with Crippen molar-refractivity contribution in [3.63, 3.8) is 0 Å². The van der Waals surface area contributed by atoms with Crippen molar-refractivity contribution in [3.05, 3.63) is 29.3 Å². The van der Waals surface area contributed by atoms with Crippen LogP contribution in [0, 0.1) is 0 Å². The average Bonchev–Trinajstić information content (AvgIpc) is 3.17. The minimum absolute atomic E-state index is 0.688. The van der Waals surface area contributed by atoms with Crippen molar-refractivity contribution in [2.45, 2.75) is 24.7 Å². The lowest BCUT2D eigenvalue weighted by molar-refractivity contribution is -0.140. The van der Waals surface area contributed by atoms with E-state index < -0.39 is 11.4 Å². The van der Waals surface area contributed by atoms with Gasteiger partial charge in [-0.25, -0.2) is 0 Å². The number of aliphatic carboxylic acids is 1. The zero-order valence-corrected chi connectivity index (χ0v) is 11.8. The summed E-state index contributed by atoms with van der Waals surface area (Å²) in [7, 11) is 5.66. The molecule has 0 heterocycles. The molecule has 1 saturated carbocycles. The predicted molar refractivity (Wildman–Crippen MR) is 73.8 cm³/mol. The van der Waals surface area contributed by atoms with Crippen molar-refractivity contribution in [1.82, 2.24) is 4.90 Å². The second kappa shape index (κ2) is 5.21. The molecule has 0 bridgehead atoms. The van der Waals surface area contributed by atoms with Crippen LogP contribution in [0.25, 0.3) is 0 Å². The number of likely N-dealkylation sites (N-methyl/N-ethyl adjacent to an activating group) is 1. The normalized spacial score (nSPS) is 16.4. The van der Waals surface area contributed by atoms with Gasteiger partial charge in [0.25, 0.3) is 0 Å². The number of carboxylic acid groups (broad SMARTS) is 1. The quantitative estimate of drug-likeness (QED) is 0.852. The van der Waals surface area contributed by atoms with Crippen molar-refractivity contribution in [2.75, 3.05) is 27.7 Å². The molecule has 4 heteroatoms. The highest BCUT2D eigenvalue weighted by Crippen LogP contribution is 2.51. The summed E-state index contributed by atoms with van der Waals surface area (Å²) >= 11 is 0. The fourth-order valence-corrected chi connectivity index (χ4v) is 2.36. The van der Waals surface area contributed by atoms with Crippen LogP contribution in [0.2, 0.25) is 0 Å². The molecule has 0 spiro atoms. The number of benzene rings is 1. The van der Waals surface area contributed by atoms with Gasteiger partial charge in [0, 0.05) is 12.1 Å². The third-order valence-corrected chi connectivity index (χ3v) is 3.79. The van der Waals surface area contributed by atoms with Crippen LogP contribution in [0.4, 0.5) is 0 Å². The lowest BCUT2D eigenvalue weighted by atomic mass is 9.92. The summed E-state index contributed by atoms with van der Waals surface area (Å²) in [5.74, 6) is -0.0518. The largest absolute Gasteiger partial charge is 0.496 e. The molecule has 0 radical (unpaired) electrons. The van der Waals surface area contributed by atoms with Crippen LogP contribution in [0.1, 0.15) is 24.0 Å². The number of rotatable bonds is 6. The Labute approximate surface area is 114 Å². The van der Waals surface area contributed by atoms with Gasteiger partial charge in [0.1, 0.15) is 5.75 Å². The number of carbonyl (C=O) groups is 1. The van der Waals surface area contributed by atoms with Gasteiger partial charge in [0.2, 0.25) is 0 Å². The second-order valence-electron chi connectivity index (χ2n) is 5.48. The maximum Gasteiger partial charge on any atom is 0.314 e. The van der Waals surface area contributed by atoms with E-state index in [1.165, 1.54) is 0 Å². The van der Waals surface area contributed by atoms with Crippen LogP contribution in [-0.4, -0.2) is 43.7 Å². The topological polar surface area (TPSA) is 49.8 Å². The highest BCUT2D eigenvalue weighted by atomic mass is 16.5. The fourth-order valence-electron chi connectivity index (χ4n) is 2.36. The van der Waals surface area contributed by atoms with Crippen LogP contribution >= 0.6 is 0 Å². The van der Waals surface area contributed by atoms with E-state index >= 15 is 0 Å². The zero-order chi connectivity index (χ0) is 14.0. The molecule has 1 N–H and O–H groups in total. The molecule has 4 nitrogen and oxygen atoms in total. The van der Waals surface area contributed by atoms with Gasteiger partial charge in [-0.3, -0.25) is 4.79 Å². The van der Waals surface area contributed by atoms with Crippen LogP contribution in [0.5, 0.6) is 5.75 Å². The number of ether oxygens (including phenoxy) is 1. The Balaban J connectivity index is 2.30. The average molecular weight is 263 g/mol. The Morgan fingerprint density at radius 3 is 2.58 bits per heavy atom. The van der Waals surface area contributed by atoms with E-state index in [0.717, 1.165) is 24.1 Å². The molecular formula is C15H21NO3. The Bertz CT molecular complexity index is 478. The Morgan fingerprint density at radius 2 is 2.11 bits per heavy atom. The number of carboxylic acids is 1. The van der Waals surface area contributed by atoms with Crippen LogP contribution in [-0.2, 0) is 16.6 Å². The molecule has 19 heavy (non-hydrogen) atoms. The second-order valence-corrected chi connectivity index (χ2v) is 5.48. The summed E-state index contributed by atoms with van der Waals surface area (Å²) in [5, 5.41) is 9.42. The van der Waals surface area contributed by atoms with Gasteiger partial charge < -0.3 is 14.7 Å². The number of methoxy groups -OCH3 is 1. The maximum atomic E-state index is 11.5. The molecule has 0 amide bonds. The van der Waals surface area contributed by atoms with Crippen LogP contribution in [0.15, 0.2) is 18.2 Å². The van der Waals surface area contributed by atoms with Crippen molar-refractivity contribution >= 4 is 5.97 Å². The molecule has 0 unspecified atom stereocenters. The first-order valence-electron chi connectivity index (χ1n) is 6.55. The Hall–Kier alpha value is -1.55. The summed E-state index contributed by atoms with van der Waals surface area (Å²) in [6.45, 7) is 0.950. The van der Waals surface area contributed by atoms with Crippen LogP contribution < -0.4 is 4.74 Å². The predicted octanol–water partition coefficient (Wildman–Crippen LogP) is 1.92. The molecule has 104 valence electrons. The van der Waals surface area contributed by atoms with Gasteiger partial charge in [-0.1, -0.05) is 12.1 Å². The Morgan fingerprint density at radius 1 is 1.42 bits per heavy atom. The third kappa shape index (κ3) is 2.73. The summed E-state index contributed by atoms with van der Waals surface area (Å²) in [6.07, 6.45) is 2.32. The van der Waals surface area contributed by atoms with E-state index in [4.69, 9.17) is 4.74 Å². The molecule has 0 saturated heterocycles. The van der Waals surface area contributed by atoms with E-state index in [9.17, 15) is 9.90 Å². The van der Waals surface area contributed by atoms with Gasteiger partial charge in [0.05, 0.1) is 12.5 Å². The maximum absolute atomic E-state index is 11.5. The van der Waals surface area contributed by atoms with Crippen molar-refractivity contribution < 1.29 is 14.6 Å². The lowest BCUT2D eigenvalue weighted by Gasteiger charge is -2.17. The van der Waals surface area contributed by atoms with Crippen LogP contribution in [0.3, 0.4) is 0 Å². The highest BCUT2D eigenvalue weighted by molar-refractivity contribution is 5.86. The fraction of sp³-hybridized carbons (Fsp3) is 0.533. The van der Waals surface area contributed by atoms with E-state index in [1.807, 2.05) is 32.3 Å². The monoisotopic (exact) mass is 263 g/mol. The molecule has 1 aromatic carbocycles. The molecule has 2 rings (SSSR count). The van der Waals surface area contributed by atoms with E-state index in [-0.39, 0.29) is 0 Å². The minimum Gasteiger partial charge on any atom is -0.496 e. The molecule has 1 aromatic rings. The van der Waals surface area contributed by atoms with Gasteiger partial charge in [0.15, 0.2) is 0 Å². The first kappa shape index (κ1) is 13.9. The summed E-state index contributed by atoms with van der Waals surface area (Å²) in [4.78, 5) is 13.6. The highest BCUT2D eigenvalue weighted by Gasteiger charge is 2.53. The molecule has 1 fully saturated rings. The summed E-state index contributed by atoms with van der Waals surface area (Å²) in [5.41, 5.74) is 1.29. The van der Waals surface area contributed by atoms with Crippen molar-refractivity contribution in [2.24, 2.45) is 0 Å². The summed E-state index contributed by atoms with van der Waals surface area (Å²) < 4.78 is 5.33. The third-order valence-electron chi connectivity index (χ3n) is 3.79. The lowest BCUT2D eigenvalue weighted by Crippen LogP contribution is -2.21. The van der Waals surface area contributed by atoms with Gasteiger partial charge in [-0.05, 0) is 45.0 Å². The summed E-state index contributed by atoms with van der Waals surface area (Å²) in [6, 6.07) is 5.91. The zero-order valence-electron chi connectivity index (χ0n) is 11.8. The molecular weight excluding hydrogens is 242 g/mol. The van der Waals surface area contributed by atoms with Crippen molar-refractivity contribution in [3.8, 4) is 5.75 Å².